The zero-order valence-electron chi connectivity index (χ0n) is 20.7. The number of unbranched alkanes of at least 4 members (excludes halogenated alkanes) is 3. The summed E-state index contributed by atoms with van der Waals surface area (Å²) in [5.41, 5.74) is 1.06. The number of quaternary nitrogens is 1. The quantitative estimate of drug-likeness (QED) is 0.315. The summed E-state index contributed by atoms with van der Waals surface area (Å²) in [5, 5.41) is 12.2. The van der Waals surface area contributed by atoms with Crippen molar-refractivity contribution in [2.45, 2.75) is 70.9 Å². The highest BCUT2D eigenvalue weighted by atomic mass is 16.3. The van der Waals surface area contributed by atoms with Gasteiger partial charge >= 0.3 is 0 Å². The molecular formula is C29H45N2O+. The molecule has 2 aromatic rings. The minimum absolute atomic E-state index is 0.136. The van der Waals surface area contributed by atoms with Gasteiger partial charge in [-0.15, -0.1) is 0 Å². The summed E-state index contributed by atoms with van der Waals surface area (Å²) in [4.78, 5) is 2.56. The third-order valence-electron chi connectivity index (χ3n) is 8.11. The fraction of sp³-hybridized carbons (Fsp3) is 0.586. The minimum atomic E-state index is -0.959. The van der Waals surface area contributed by atoms with Crippen LogP contribution in [-0.4, -0.2) is 59.8 Å². The van der Waals surface area contributed by atoms with E-state index in [-0.39, 0.29) is 6.04 Å². The number of nitrogens with zero attached hydrogens (tertiary/aromatic N) is 2. The lowest BCUT2D eigenvalue weighted by molar-refractivity contribution is -0.923. The molecule has 176 valence electrons. The second-order valence-electron chi connectivity index (χ2n) is 9.62. The average Bonchev–Trinajstić information content (AvgIpc) is 3.34. The molecule has 0 radical (unpaired) electrons. The van der Waals surface area contributed by atoms with Gasteiger partial charge < -0.3 is 9.59 Å². The van der Waals surface area contributed by atoms with Gasteiger partial charge in [-0.05, 0) is 77.1 Å². The first-order valence-electron chi connectivity index (χ1n) is 13.0. The van der Waals surface area contributed by atoms with E-state index in [4.69, 9.17) is 0 Å². The normalized spacial score (nSPS) is 17.7. The largest absolute Gasteiger partial charge is 0.379 e. The molecule has 3 nitrogen and oxygen atoms in total. The molecule has 0 aromatic heterocycles. The van der Waals surface area contributed by atoms with Crippen molar-refractivity contribution in [2.24, 2.45) is 0 Å². The van der Waals surface area contributed by atoms with Crippen molar-refractivity contribution in [1.82, 2.24) is 4.90 Å². The first-order valence-corrected chi connectivity index (χ1v) is 13.0. The molecule has 1 heterocycles. The van der Waals surface area contributed by atoms with E-state index in [0.29, 0.717) is 0 Å². The molecule has 0 spiro atoms. The molecule has 3 rings (SSSR count). The van der Waals surface area contributed by atoms with E-state index < -0.39 is 5.60 Å². The van der Waals surface area contributed by atoms with Gasteiger partial charge in [0.15, 0.2) is 0 Å². The molecule has 0 saturated carbocycles. The van der Waals surface area contributed by atoms with Crippen LogP contribution in [0.4, 0.5) is 0 Å². The van der Waals surface area contributed by atoms with E-state index in [1.54, 1.807) is 0 Å². The Kier molecular flexibility index (Phi) is 9.34. The van der Waals surface area contributed by atoms with Gasteiger partial charge in [0.2, 0.25) is 0 Å². The standard InChI is InChI=1S/C29H45N2O/c1-4-31(5-2,6-3)25-16-8-7-15-23-30-24-17-22-28(30)29(32,26-18-11-9-12-19-26)27-20-13-10-14-21-27/h9-14,18-21,28,32H,4-8,15-17,22-25H2,1-3H3/q+1/t28-/m0/s1. The van der Waals surface area contributed by atoms with Crippen LogP contribution in [0.1, 0.15) is 70.4 Å². The number of hydrogen-bond acceptors (Lipinski definition) is 2. The van der Waals surface area contributed by atoms with Crippen LogP contribution in [0.3, 0.4) is 0 Å². The van der Waals surface area contributed by atoms with E-state index in [1.807, 2.05) is 36.4 Å². The Morgan fingerprint density at radius 3 is 1.88 bits per heavy atom. The Balaban J connectivity index is 1.61. The summed E-state index contributed by atoms with van der Waals surface area (Å²) >= 11 is 0. The number of rotatable bonds is 13. The van der Waals surface area contributed by atoms with E-state index in [0.717, 1.165) is 37.1 Å². The van der Waals surface area contributed by atoms with Gasteiger partial charge in [0.05, 0.1) is 26.2 Å². The van der Waals surface area contributed by atoms with Crippen LogP contribution in [0.25, 0.3) is 0 Å². The maximum absolute atomic E-state index is 12.2. The van der Waals surface area contributed by atoms with Gasteiger partial charge in [-0.3, -0.25) is 4.90 Å². The molecule has 1 saturated heterocycles. The average molecular weight is 438 g/mol. The van der Waals surface area contributed by atoms with Crippen LogP contribution in [-0.2, 0) is 5.60 Å². The highest BCUT2D eigenvalue weighted by Gasteiger charge is 2.45. The van der Waals surface area contributed by atoms with Crippen molar-refractivity contribution >= 4 is 0 Å². The fourth-order valence-corrected chi connectivity index (χ4v) is 5.76. The van der Waals surface area contributed by atoms with Crippen LogP contribution in [0.5, 0.6) is 0 Å². The Morgan fingerprint density at radius 2 is 1.34 bits per heavy atom. The highest BCUT2D eigenvalue weighted by molar-refractivity contribution is 5.38. The first kappa shape index (κ1) is 25.0. The van der Waals surface area contributed by atoms with Gasteiger partial charge in [-0.1, -0.05) is 67.1 Å². The van der Waals surface area contributed by atoms with Crippen molar-refractivity contribution in [2.75, 3.05) is 39.3 Å². The molecule has 3 heteroatoms. The molecule has 0 aliphatic carbocycles. The Hall–Kier alpha value is -1.68. The Morgan fingerprint density at radius 1 is 0.812 bits per heavy atom. The van der Waals surface area contributed by atoms with Crippen LogP contribution < -0.4 is 0 Å². The first-order chi connectivity index (χ1) is 15.6. The van der Waals surface area contributed by atoms with Gasteiger partial charge in [-0.25, -0.2) is 0 Å². The van der Waals surface area contributed by atoms with Crippen molar-refractivity contribution in [3.63, 3.8) is 0 Å². The number of hydrogen-bond donors (Lipinski definition) is 1. The highest BCUT2D eigenvalue weighted by Crippen LogP contribution is 2.40. The molecular weight excluding hydrogens is 392 g/mol. The second-order valence-corrected chi connectivity index (χ2v) is 9.62. The van der Waals surface area contributed by atoms with Crippen molar-refractivity contribution in [3.05, 3.63) is 71.8 Å². The van der Waals surface area contributed by atoms with Crippen LogP contribution >= 0.6 is 0 Å². The molecule has 0 unspecified atom stereocenters. The maximum atomic E-state index is 12.2. The number of benzene rings is 2. The van der Waals surface area contributed by atoms with E-state index in [9.17, 15) is 5.11 Å². The van der Waals surface area contributed by atoms with E-state index >= 15 is 0 Å². The summed E-state index contributed by atoms with van der Waals surface area (Å²) in [5.74, 6) is 0. The van der Waals surface area contributed by atoms with Crippen molar-refractivity contribution < 1.29 is 9.59 Å². The summed E-state index contributed by atoms with van der Waals surface area (Å²) in [6.07, 6.45) is 7.37. The third kappa shape index (κ3) is 5.62. The molecule has 0 bridgehead atoms. The summed E-state index contributed by atoms with van der Waals surface area (Å²) in [6, 6.07) is 20.7. The molecule has 1 N–H and O–H groups in total. The van der Waals surface area contributed by atoms with Gasteiger partial charge in [0.1, 0.15) is 5.60 Å². The van der Waals surface area contributed by atoms with E-state index in [2.05, 4.69) is 49.9 Å². The minimum Gasteiger partial charge on any atom is -0.379 e. The molecule has 2 aromatic carbocycles. The second kappa shape index (κ2) is 12.0. The van der Waals surface area contributed by atoms with Gasteiger partial charge in [0, 0.05) is 6.04 Å². The van der Waals surface area contributed by atoms with Crippen LogP contribution in [0.15, 0.2) is 60.7 Å². The topological polar surface area (TPSA) is 23.5 Å². The summed E-state index contributed by atoms with van der Waals surface area (Å²) in [6.45, 7) is 14.2. The van der Waals surface area contributed by atoms with Crippen molar-refractivity contribution in [1.29, 1.82) is 0 Å². The molecule has 1 fully saturated rings. The monoisotopic (exact) mass is 437 g/mol. The van der Waals surface area contributed by atoms with Crippen molar-refractivity contribution in [3.8, 4) is 0 Å². The van der Waals surface area contributed by atoms with Crippen LogP contribution in [0.2, 0.25) is 0 Å². The zero-order valence-corrected chi connectivity index (χ0v) is 20.7. The van der Waals surface area contributed by atoms with E-state index in [1.165, 1.54) is 56.3 Å². The van der Waals surface area contributed by atoms with Gasteiger partial charge in [-0.2, -0.15) is 0 Å². The molecule has 32 heavy (non-hydrogen) atoms. The molecule has 0 amide bonds. The molecule has 1 aliphatic heterocycles. The number of aliphatic hydroxyl groups is 1. The fourth-order valence-electron chi connectivity index (χ4n) is 5.76. The Labute approximate surface area is 196 Å². The molecule has 1 atom stereocenters. The predicted molar refractivity (Wildman–Crippen MR) is 136 cm³/mol. The lowest BCUT2D eigenvalue weighted by Crippen LogP contribution is -2.48. The summed E-state index contributed by atoms with van der Waals surface area (Å²) in [7, 11) is 0. The molecule has 1 aliphatic rings. The summed E-state index contributed by atoms with van der Waals surface area (Å²) < 4.78 is 1.26. The van der Waals surface area contributed by atoms with Gasteiger partial charge in [0.25, 0.3) is 0 Å². The Bertz CT molecular complexity index is 724. The SMILES string of the molecule is CC[N+](CC)(CC)CCCCCCN1CCC[C@H]1C(O)(c1ccccc1)c1ccccc1. The third-order valence-corrected chi connectivity index (χ3v) is 8.11. The maximum Gasteiger partial charge on any atom is 0.130 e. The zero-order chi connectivity index (χ0) is 22.9. The lowest BCUT2D eigenvalue weighted by atomic mass is 9.79. The lowest BCUT2D eigenvalue weighted by Gasteiger charge is -2.40. The number of likely N-dealkylation sites (tertiary alicyclic amines) is 1. The van der Waals surface area contributed by atoms with Crippen LogP contribution in [0, 0.1) is 0 Å². The smallest absolute Gasteiger partial charge is 0.130 e. The predicted octanol–water partition coefficient (Wildman–Crippen LogP) is 5.82.